The van der Waals surface area contributed by atoms with Crippen molar-refractivity contribution in [1.82, 2.24) is 9.88 Å². The van der Waals surface area contributed by atoms with Crippen LogP contribution in [0.1, 0.15) is 53.5 Å². The summed E-state index contributed by atoms with van der Waals surface area (Å²) < 4.78 is 0. The molecule has 1 aromatic heterocycles. The van der Waals surface area contributed by atoms with Gasteiger partial charge in [-0.2, -0.15) is 0 Å². The van der Waals surface area contributed by atoms with Gasteiger partial charge < -0.3 is 10.0 Å². The van der Waals surface area contributed by atoms with Crippen LogP contribution in [0.3, 0.4) is 0 Å². The highest BCUT2D eigenvalue weighted by atomic mass is 32.1. The SMILES string of the molecule is CCCCN(C)C(=O)Cc1nc(CCC)c(C(=O)O)s1. The number of rotatable bonds is 8. The summed E-state index contributed by atoms with van der Waals surface area (Å²) in [5.41, 5.74) is 0.601. The van der Waals surface area contributed by atoms with Gasteiger partial charge >= 0.3 is 5.97 Å². The number of carboxylic acid groups (broad SMARTS) is 1. The summed E-state index contributed by atoms with van der Waals surface area (Å²) in [4.78, 5) is 29.4. The Morgan fingerprint density at radius 3 is 2.55 bits per heavy atom. The molecule has 20 heavy (non-hydrogen) atoms. The first-order valence-electron chi connectivity index (χ1n) is 6.95. The Hall–Kier alpha value is -1.43. The molecule has 1 amide bonds. The molecule has 0 bridgehead atoms. The number of amides is 1. The summed E-state index contributed by atoms with van der Waals surface area (Å²) in [6.45, 7) is 4.79. The third-order valence-electron chi connectivity index (χ3n) is 3.00. The Morgan fingerprint density at radius 2 is 2.00 bits per heavy atom. The summed E-state index contributed by atoms with van der Waals surface area (Å²) in [7, 11) is 1.77. The van der Waals surface area contributed by atoms with E-state index in [0.717, 1.165) is 37.1 Å². The molecule has 1 heterocycles. The van der Waals surface area contributed by atoms with E-state index in [9.17, 15) is 9.59 Å². The first-order valence-corrected chi connectivity index (χ1v) is 7.77. The molecule has 0 aliphatic heterocycles. The molecule has 0 aromatic carbocycles. The Bertz CT molecular complexity index is 471. The second-order valence-corrected chi connectivity index (χ2v) is 5.87. The van der Waals surface area contributed by atoms with Crippen LogP contribution in [0, 0.1) is 0 Å². The molecular formula is C14H22N2O3S. The largest absolute Gasteiger partial charge is 0.477 e. The zero-order valence-electron chi connectivity index (χ0n) is 12.3. The summed E-state index contributed by atoms with van der Waals surface area (Å²) in [6.07, 6.45) is 3.68. The highest BCUT2D eigenvalue weighted by Gasteiger charge is 2.19. The normalized spacial score (nSPS) is 10.6. The lowest BCUT2D eigenvalue weighted by molar-refractivity contribution is -0.129. The number of nitrogens with zero attached hydrogens (tertiary/aromatic N) is 2. The van der Waals surface area contributed by atoms with Gasteiger partial charge in [0.1, 0.15) is 9.88 Å². The van der Waals surface area contributed by atoms with Crippen LogP contribution in [0.5, 0.6) is 0 Å². The predicted molar refractivity (Wildman–Crippen MR) is 79.3 cm³/mol. The highest BCUT2D eigenvalue weighted by molar-refractivity contribution is 7.13. The molecular weight excluding hydrogens is 276 g/mol. The van der Waals surface area contributed by atoms with Crippen molar-refractivity contribution in [1.29, 1.82) is 0 Å². The van der Waals surface area contributed by atoms with Crippen molar-refractivity contribution in [2.24, 2.45) is 0 Å². The third-order valence-corrected chi connectivity index (χ3v) is 4.08. The molecule has 6 heteroatoms. The van der Waals surface area contributed by atoms with E-state index >= 15 is 0 Å². The number of aromatic carboxylic acids is 1. The Balaban J connectivity index is 2.74. The van der Waals surface area contributed by atoms with Crippen molar-refractivity contribution in [2.75, 3.05) is 13.6 Å². The summed E-state index contributed by atoms with van der Waals surface area (Å²) in [5, 5.41) is 9.74. The van der Waals surface area contributed by atoms with Crippen molar-refractivity contribution < 1.29 is 14.7 Å². The second-order valence-electron chi connectivity index (χ2n) is 4.78. The molecule has 0 aliphatic carbocycles. The van der Waals surface area contributed by atoms with Crippen LogP contribution in [-0.2, 0) is 17.6 Å². The fourth-order valence-electron chi connectivity index (χ4n) is 1.83. The highest BCUT2D eigenvalue weighted by Crippen LogP contribution is 2.21. The third kappa shape index (κ3) is 4.59. The van der Waals surface area contributed by atoms with Crippen LogP contribution < -0.4 is 0 Å². The Kier molecular flexibility index (Phi) is 6.64. The number of likely N-dealkylation sites (N-methyl/N-ethyl adjacent to an activating group) is 1. The van der Waals surface area contributed by atoms with Crippen molar-refractivity contribution >= 4 is 23.2 Å². The van der Waals surface area contributed by atoms with Crippen LogP contribution in [0.25, 0.3) is 0 Å². The Labute approximate surface area is 123 Å². The van der Waals surface area contributed by atoms with E-state index < -0.39 is 5.97 Å². The molecule has 0 fully saturated rings. The van der Waals surface area contributed by atoms with Crippen LogP contribution in [0.2, 0.25) is 0 Å². The van der Waals surface area contributed by atoms with E-state index in [1.165, 1.54) is 0 Å². The van der Waals surface area contributed by atoms with E-state index in [-0.39, 0.29) is 17.2 Å². The number of thiazole rings is 1. The van der Waals surface area contributed by atoms with Crippen molar-refractivity contribution in [3.63, 3.8) is 0 Å². The first kappa shape index (κ1) is 16.6. The van der Waals surface area contributed by atoms with E-state index in [0.29, 0.717) is 17.1 Å². The lowest BCUT2D eigenvalue weighted by Gasteiger charge is -2.15. The van der Waals surface area contributed by atoms with Gasteiger partial charge in [-0.15, -0.1) is 11.3 Å². The smallest absolute Gasteiger partial charge is 0.347 e. The fraction of sp³-hybridized carbons (Fsp3) is 0.643. The van der Waals surface area contributed by atoms with Crippen molar-refractivity contribution in [3.05, 3.63) is 15.6 Å². The second kappa shape index (κ2) is 7.99. The van der Waals surface area contributed by atoms with Gasteiger partial charge in [0, 0.05) is 13.6 Å². The maximum Gasteiger partial charge on any atom is 0.347 e. The summed E-state index contributed by atoms with van der Waals surface area (Å²) >= 11 is 1.12. The van der Waals surface area contributed by atoms with Gasteiger partial charge in [0.25, 0.3) is 0 Å². The Morgan fingerprint density at radius 1 is 1.30 bits per heavy atom. The lowest BCUT2D eigenvalue weighted by Crippen LogP contribution is -2.29. The monoisotopic (exact) mass is 298 g/mol. The van der Waals surface area contributed by atoms with Crippen LogP contribution >= 0.6 is 11.3 Å². The number of carbonyl (C=O) groups is 2. The van der Waals surface area contributed by atoms with Gasteiger partial charge in [0.05, 0.1) is 12.1 Å². The molecule has 1 rings (SSSR count). The molecule has 0 atom stereocenters. The van der Waals surface area contributed by atoms with E-state index in [1.54, 1.807) is 11.9 Å². The number of aromatic nitrogens is 1. The standard InChI is InChI=1S/C14H22N2O3S/c1-4-6-8-16(3)12(17)9-11-15-10(7-5-2)13(20-11)14(18)19/h4-9H2,1-3H3,(H,18,19). The minimum atomic E-state index is -0.955. The molecule has 112 valence electrons. The van der Waals surface area contributed by atoms with Gasteiger partial charge in [-0.1, -0.05) is 26.7 Å². The van der Waals surface area contributed by atoms with Gasteiger partial charge in [0.2, 0.25) is 5.91 Å². The summed E-state index contributed by atoms with van der Waals surface area (Å²) in [5.74, 6) is -0.962. The number of carbonyl (C=O) groups excluding carboxylic acids is 1. The average Bonchev–Trinajstić information content (AvgIpc) is 2.79. The van der Waals surface area contributed by atoms with E-state index in [2.05, 4.69) is 11.9 Å². The van der Waals surface area contributed by atoms with E-state index in [1.807, 2.05) is 6.92 Å². The van der Waals surface area contributed by atoms with Crippen LogP contribution in [-0.4, -0.2) is 40.5 Å². The lowest BCUT2D eigenvalue weighted by atomic mass is 10.2. The molecule has 0 radical (unpaired) electrons. The number of hydrogen-bond acceptors (Lipinski definition) is 4. The van der Waals surface area contributed by atoms with Gasteiger partial charge in [-0.3, -0.25) is 4.79 Å². The first-order chi connectivity index (χ1) is 9.49. The topological polar surface area (TPSA) is 70.5 Å². The molecule has 0 saturated heterocycles. The molecule has 0 unspecified atom stereocenters. The van der Waals surface area contributed by atoms with Crippen LogP contribution in [0.15, 0.2) is 0 Å². The summed E-state index contributed by atoms with van der Waals surface area (Å²) in [6, 6.07) is 0. The predicted octanol–water partition coefficient (Wildman–Crippen LogP) is 2.59. The molecule has 0 saturated carbocycles. The minimum Gasteiger partial charge on any atom is -0.477 e. The van der Waals surface area contributed by atoms with Gasteiger partial charge in [-0.05, 0) is 12.8 Å². The number of unbranched alkanes of at least 4 members (excludes halogenated alkanes) is 1. The van der Waals surface area contributed by atoms with Crippen LogP contribution in [0.4, 0.5) is 0 Å². The zero-order chi connectivity index (χ0) is 15.1. The van der Waals surface area contributed by atoms with Gasteiger partial charge in [0.15, 0.2) is 0 Å². The molecule has 5 nitrogen and oxygen atoms in total. The number of carboxylic acids is 1. The van der Waals surface area contributed by atoms with Crippen molar-refractivity contribution in [3.8, 4) is 0 Å². The maximum atomic E-state index is 12.0. The zero-order valence-corrected chi connectivity index (χ0v) is 13.1. The van der Waals surface area contributed by atoms with Crippen molar-refractivity contribution in [2.45, 2.75) is 46.0 Å². The molecule has 0 spiro atoms. The molecule has 1 aromatic rings. The molecule has 0 aliphatic rings. The molecule has 1 N–H and O–H groups in total. The van der Waals surface area contributed by atoms with Gasteiger partial charge in [-0.25, -0.2) is 9.78 Å². The maximum absolute atomic E-state index is 12.0. The van der Waals surface area contributed by atoms with E-state index in [4.69, 9.17) is 5.11 Å². The number of hydrogen-bond donors (Lipinski definition) is 1. The minimum absolute atomic E-state index is 0.00723. The average molecular weight is 298 g/mol. The fourth-order valence-corrected chi connectivity index (χ4v) is 2.77. The number of aryl methyl sites for hydroxylation is 1. The quantitative estimate of drug-likeness (QED) is 0.801.